The van der Waals surface area contributed by atoms with E-state index in [1.807, 2.05) is 31.2 Å². The first kappa shape index (κ1) is 49.1. The standard InChI is InChI=1S/C40H62N2O8.2ClH/c1-11-14-34-31-40(50-28-26-46-24-22-44-10)36(32-39(34)49-27-25-45-23-21-43-9)16-15-35-30-37(47-19-12-17-41(3,4)5)33(2)29-38(35)48-20-13-18-42(6,7)8;;/h29-32H,12-13,17-28H2,1-10H3;2*1H/q+2;;/p-2. The Labute approximate surface area is 326 Å². The lowest BCUT2D eigenvalue weighted by Crippen LogP contribution is -3.00. The van der Waals surface area contributed by atoms with Crippen LogP contribution in [0, 0.1) is 30.6 Å². The van der Waals surface area contributed by atoms with Gasteiger partial charge in [0, 0.05) is 39.2 Å². The molecule has 0 saturated heterocycles. The second-order valence-electron chi connectivity index (χ2n) is 13.9. The van der Waals surface area contributed by atoms with Crippen molar-refractivity contribution in [2.24, 2.45) is 0 Å². The third-order valence-corrected chi connectivity index (χ3v) is 7.25. The molecule has 294 valence electrons. The van der Waals surface area contributed by atoms with Crippen LogP contribution in [-0.2, 0) is 18.9 Å². The van der Waals surface area contributed by atoms with Gasteiger partial charge in [0.1, 0.15) is 36.2 Å². The van der Waals surface area contributed by atoms with Gasteiger partial charge in [-0.3, -0.25) is 0 Å². The first-order valence-electron chi connectivity index (χ1n) is 17.4. The minimum absolute atomic E-state index is 0. The monoisotopic (exact) mass is 768 g/mol. The van der Waals surface area contributed by atoms with Gasteiger partial charge >= 0.3 is 0 Å². The van der Waals surface area contributed by atoms with E-state index in [0.29, 0.717) is 88.7 Å². The Hall–Kier alpha value is -2.90. The molecule has 0 amide bonds. The van der Waals surface area contributed by atoms with Crippen molar-refractivity contribution in [2.45, 2.75) is 26.7 Å². The summed E-state index contributed by atoms with van der Waals surface area (Å²) < 4.78 is 48.1. The summed E-state index contributed by atoms with van der Waals surface area (Å²) in [5, 5.41) is 0. The molecule has 0 aromatic heterocycles. The van der Waals surface area contributed by atoms with E-state index in [4.69, 9.17) is 37.9 Å². The molecule has 2 aromatic carbocycles. The lowest BCUT2D eigenvalue weighted by Gasteiger charge is -2.24. The molecule has 2 rings (SSSR count). The fraction of sp³-hybridized carbons (Fsp3) is 0.600. The number of aryl methyl sites for hydroxylation is 1. The van der Waals surface area contributed by atoms with Gasteiger partial charge in [-0.1, -0.05) is 17.8 Å². The number of quaternary nitrogens is 2. The van der Waals surface area contributed by atoms with E-state index < -0.39 is 0 Å². The van der Waals surface area contributed by atoms with Crippen LogP contribution in [0.4, 0.5) is 0 Å². The Morgan fingerprint density at radius 2 is 0.846 bits per heavy atom. The third-order valence-electron chi connectivity index (χ3n) is 7.25. The van der Waals surface area contributed by atoms with E-state index in [0.717, 1.165) is 57.5 Å². The van der Waals surface area contributed by atoms with Gasteiger partial charge in [-0.25, -0.2) is 0 Å². The summed E-state index contributed by atoms with van der Waals surface area (Å²) in [5.74, 6) is 15.6. The van der Waals surface area contributed by atoms with Crippen LogP contribution in [-0.4, -0.2) is 145 Å². The van der Waals surface area contributed by atoms with Crippen LogP contribution >= 0.6 is 0 Å². The quantitative estimate of drug-likeness (QED) is 0.0751. The highest BCUT2D eigenvalue weighted by atomic mass is 35.5. The van der Waals surface area contributed by atoms with Crippen molar-refractivity contribution in [3.63, 3.8) is 0 Å². The Bertz CT molecular complexity index is 1420. The predicted octanol–water partition coefficient (Wildman–Crippen LogP) is -1.19. The van der Waals surface area contributed by atoms with E-state index >= 15 is 0 Å². The lowest BCUT2D eigenvalue weighted by molar-refractivity contribution is -0.870. The van der Waals surface area contributed by atoms with Gasteiger partial charge in [0.05, 0.1) is 125 Å². The fourth-order valence-electron chi connectivity index (χ4n) is 4.65. The van der Waals surface area contributed by atoms with Gasteiger partial charge in [0.2, 0.25) is 0 Å². The van der Waals surface area contributed by atoms with Crippen LogP contribution in [0.15, 0.2) is 24.3 Å². The molecule has 10 nitrogen and oxygen atoms in total. The number of methoxy groups -OCH3 is 2. The molecule has 0 saturated carbocycles. The van der Waals surface area contributed by atoms with Crippen molar-refractivity contribution in [3.05, 3.63) is 46.5 Å². The maximum absolute atomic E-state index is 6.34. The molecule has 0 N–H and O–H groups in total. The van der Waals surface area contributed by atoms with Crippen molar-refractivity contribution >= 4 is 0 Å². The van der Waals surface area contributed by atoms with Gasteiger partial charge in [0.15, 0.2) is 0 Å². The van der Waals surface area contributed by atoms with E-state index in [1.165, 1.54) is 0 Å². The normalized spacial score (nSPS) is 10.9. The average Bonchev–Trinajstić information content (AvgIpc) is 3.05. The molecule has 0 bridgehead atoms. The molecule has 0 atom stereocenters. The van der Waals surface area contributed by atoms with Crippen LogP contribution in [0.1, 0.15) is 42.0 Å². The summed E-state index contributed by atoms with van der Waals surface area (Å²) in [6.07, 6.45) is 1.86. The molecule has 0 aliphatic heterocycles. The number of hydrogen-bond acceptors (Lipinski definition) is 8. The van der Waals surface area contributed by atoms with Crippen LogP contribution in [0.3, 0.4) is 0 Å². The summed E-state index contributed by atoms with van der Waals surface area (Å²) in [6.45, 7) is 10.6. The maximum atomic E-state index is 6.34. The Kier molecular flexibility index (Phi) is 25.3. The second-order valence-corrected chi connectivity index (χ2v) is 13.9. The smallest absolute Gasteiger partial charge is 0.136 e. The van der Waals surface area contributed by atoms with Crippen molar-refractivity contribution in [1.29, 1.82) is 0 Å². The molecule has 12 heteroatoms. The van der Waals surface area contributed by atoms with Gasteiger partial charge in [-0.05, 0) is 31.5 Å². The number of ether oxygens (including phenoxy) is 8. The van der Waals surface area contributed by atoms with Crippen LogP contribution in [0.5, 0.6) is 23.0 Å². The highest BCUT2D eigenvalue weighted by Gasteiger charge is 2.14. The molecule has 0 radical (unpaired) electrons. The van der Waals surface area contributed by atoms with Crippen LogP contribution in [0.25, 0.3) is 0 Å². The number of nitrogens with zero attached hydrogens (tertiary/aromatic N) is 2. The van der Waals surface area contributed by atoms with E-state index in [2.05, 4.69) is 66.0 Å². The zero-order chi connectivity index (χ0) is 36.8. The first-order chi connectivity index (χ1) is 23.9. The summed E-state index contributed by atoms with van der Waals surface area (Å²) >= 11 is 0. The Balaban J connectivity index is 0.0000130. The highest BCUT2D eigenvalue weighted by Crippen LogP contribution is 2.31. The van der Waals surface area contributed by atoms with Crippen molar-refractivity contribution in [2.75, 3.05) is 136 Å². The predicted molar refractivity (Wildman–Crippen MR) is 199 cm³/mol. The van der Waals surface area contributed by atoms with E-state index in [-0.39, 0.29) is 24.8 Å². The molecule has 0 heterocycles. The van der Waals surface area contributed by atoms with Crippen LogP contribution < -0.4 is 43.8 Å². The number of halogens is 2. The molecular formula is C40H62Cl2N2O8. The number of rotatable bonds is 24. The summed E-state index contributed by atoms with van der Waals surface area (Å²) in [6, 6.07) is 7.76. The minimum Gasteiger partial charge on any atom is -1.00 e. The Morgan fingerprint density at radius 1 is 0.481 bits per heavy atom. The van der Waals surface area contributed by atoms with Crippen molar-refractivity contribution < 1.29 is 71.7 Å². The topological polar surface area (TPSA) is 73.8 Å². The van der Waals surface area contributed by atoms with Crippen molar-refractivity contribution in [3.8, 4) is 46.7 Å². The van der Waals surface area contributed by atoms with Gasteiger partial charge in [-0.2, -0.15) is 0 Å². The summed E-state index contributed by atoms with van der Waals surface area (Å²) in [7, 11) is 16.4. The van der Waals surface area contributed by atoms with Crippen molar-refractivity contribution in [1.82, 2.24) is 0 Å². The fourth-order valence-corrected chi connectivity index (χ4v) is 4.65. The molecule has 0 unspecified atom stereocenters. The minimum atomic E-state index is 0. The zero-order valence-corrected chi connectivity index (χ0v) is 34.6. The largest absolute Gasteiger partial charge is 1.00 e. The number of benzene rings is 2. The second kappa shape index (κ2) is 26.8. The molecule has 2 aromatic rings. The average molecular weight is 770 g/mol. The van der Waals surface area contributed by atoms with Crippen LogP contribution in [0.2, 0.25) is 0 Å². The van der Waals surface area contributed by atoms with Gasteiger partial charge in [-0.15, -0.1) is 5.92 Å². The van der Waals surface area contributed by atoms with E-state index in [9.17, 15) is 0 Å². The molecule has 0 spiro atoms. The summed E-state index contributed by atoms with van der Waals surface area (Å²) in [4.78, 5) is 0. The molecule has 0 aliphatic carbocycles. The third kappa shape index (κ3) is 21.0. The molecule has 52 heavy (non-hydrogen) atoms. The SMILES string of the molecule is CC#Cc1cc(OCCOCCOC)c(C#Cc2cc(OCCC[N+](C)(C)C)c(C)cc2OCCC[N+](C)(C)C)cc1OCCOCCOC.[Cl-].[Cl-]. The molecular weight excluding hydrogens is 707 g/mol. The first-order valence-corrected chi connectivity index (χ1v) is 17.4. The Morgan fingerprint density at radius 3 is 1.27 bits per heavy atom. The zero-order valence-electron chi connectivity index (χ0n) is 33.1. The summed E-state index contributed by atoms with van der Waals surface area (Å²) in [5.41, 5.74) is 3.10. The molecule has 0 aliphatic rings. The highest BCUT2D eigenvalue weighted by molar-refractivity contribution is 5.61. The maximum Gasteiger partial charge on any atom is 0.136 e. The molecule has 0 fully saturated rings. The number of hydrogen-bond donors (Lipinski definition) is 0. The van der Waals surface area contributed by atoms with Gasteiger partial charge < -0.3 is 71.7 Å². The lowest BCUT2D eigenvalue weighted by atomic mass is 10.1. The van der Waals surface area contributed by atoms with Gasteiger partial charge in [0.25, 0.3) is 0 Å². The van der Waals surface area contributed by atoms with E-state index in [1.54, 1.807) is 21.1 Å².